The molecule has 0 radical (unpaired) electrons. The molecular weight excluding hydrogens is 270 g/mol. The Bertz CT molecular complexity index is 548. The van der Waals surface area contributed by atoms with Crippen LogP contribution in [0.25, 0.3) is 0 Å². The zero-order chi connectivity index (χ0) is 13.3. The summed E-state index contributed by atoms with van der Waals surface area (Å²) in [5.41, 5.74) is 6.75. The summed E-state index contributed by atoms with van der Waals surface area (Å²) in [6, 6.07) is 2.25. The first-order valence-corrected chi connectivity index (χ1v) is 6.65. The van der Waals surface area contributed by atoms with Crippen molar-refractivity contribution < 1.29 is 0 Å². The van der Waals surface area contributed by atoms with Crippen LogP contribution >= 0.6 is 22.9 Å². The minimum absolute atomic E-state index is 0.0906. The van der Waals surface area contributed by atoms with E-state index in [1.165, 1.54) is 15.3 Å². The van der Waals surface area contributed by atoms with Crippen molar-refractivity contribution >= 4 is 34.8 Å². The van der Waals surface area contributed by atoms with Crippen LogP contribution in [0.5, 0.6) is 0 Å². The molecule has 0 bridgehead atoms. The first-order valence-electron chi connectivity index (χ1n) is 5.46. The van der Waals surface area contributed by atoms with Crippen LogP contribution in [0.1, 0.15) is 28.3 Å². The maximum absolute atomic E-state index is 5.73. The Morgan fingerprint density at radius 1 is 1.33 bits per heavy atom. The highest BCUT2D eigenvalue weighted by molar-refractivity contribution is 7.12. The smallest absolute Gasteiger partial charge is 0.229 e. The zero-order valence-electron chi connectivity index (χ0n) is 10.4. The average Bonchev–Trinajstić information content (AvgIpc) is 2.56. The first kappa shape index (κ1) is 13.0. The van der Waals surface area contributed by atoms with Crippen LogP contribution in [0.4, 0.5) is 11.9 Å². The monoisotopic (exact) mass is 283 g/mol. The van der Waals surface area contributed by atoms with Crippen molar-refractivity contribution in [2.24, 2.45) is 0 Å². The summed E-state index contributed by atoms with van der Waals surface area (Å²) in [4.78, 5) is 14.3. The van der Waals surface area contributed by atoms with E-state index in [0.29, 0.717) is 5.95 Å². The van der Waals surface area contributed by atoms with Gasteiger partial charge in [-0.15, -0.1) is 11.3 Å². The van der Waals surface area contributed by atoms with Crippen LogP contribution in [-0.2, 0) is 0 Å². The molecule has 0 amide bonds. The normalized spacial score (nSPS) is 12.4. The van der Waals surface area contributed by atoms with Gasteiger partial charge in [-0.2, -0.15) is 15.0 Å². The highest BCUT2D eigenvalue weighted by atomic mass is 35.5. The van der Waals surface area contributed by atoms with Crippen molar-refractivity contribution in [2.75, 3.05) is 11.1 Å². The SMILES string of the molecule is Cc1cc(C(C)Nc2nc(N)nc(Cl)n2)c(C)s1. The summed E-state index contributed by atoms with van der Waals surface area (Å²) < 4.78 is 0. The van der Waals surface area contributed by atoms with E-state index >= 15 is 0 Å². The van der Waals surface area contributed by atoms with Crippen molar-refractivity contribution in [3.05, 3.63) is 26.7 Å². The summed E-state index contributed by atoms with van der Waals surface area (Å²) in [5.74, 6) is 0.506. The van der Waals surface area contributed by atoms with Gasteiger partial charge in [0.05, 0.1) is 6.04 Å². The van der Waals surface area contributed by atoms with Gasteiger partial charge in [0.2, 0.25) is 17.2 Å². The summed E-state index contributed by atoms with van der Waals surface area (Å²) >= 11 is 7.51. The van der Waals surface area contributed by atoms with Crippen LogP contribution in [0, 0.1) is 13.8 Å². The topological polar surface area (TPSA) is 76.7 Å². The number of hydrogen-bond donors (Lipinski definition) is 2. The standard InChI is InChI=1S/C11H14ClN5S/c1-5-4-8(7(3)18-5)6(2)14-11-16-9(12)15-10(13)17-11/h4,6H,1-3H3,(H3,13,14,15,16,17). The molecule has 0 saturated heterocycles. The van der Waals surface area contributed by atoms with Crippen molar-refractivity contribution in [3.63, 3.8) is 0 Å². The fourth-order valence-electron chi connectivity index (χ4n) is 1.78. The second-order valence-corrected chi connectivity index (χ2v) is 5.82. The maximum atomic E-state index is 5.73. The van der Waals surface area contributed by atoms with Crippen LogP contribution in [-0.4, -0.2) is 15.0 Å². The summed E-state index contributed by atoms with van der Waals surface area (Å²) in [7, 11) is 0. The number of nitrogens with two attached hydrogens (primary N) is 1. The largest absolute Gasteiger partial charge is 0.368 e. The number of nitrogen functional groups attached to an aromatic ring is 1. The quantitative estimate of drug-likeness (QED) is 0.905. The van der Waals surface area contributed by atoms with Gasteiger partial charge in [0, 0.05) is 9.75 Å². The van der Waals surface area contributed by atoms with Gasteiger partial charge in [0.15, 0.2) is 0 Å². The van der Waals surface area contributed by atoms with Crippen LogP contribution < -0.4 is 11.1 Å². The fourth-order valence-corrected chi connectivity index (χ4v) is 2.97. The lowest BCUT2D eigenvalue weighted by molar-refractivity contribution is 0.853. The zero-order valence-corrected chi connectivity index (χ0v) is 11.9. The summed E-state index contributed by atoms with van der Waals surface area (Å²) in [6.45, 7) is 6.23. The minimum Gasteiger partial charge on any atom is -0.368 e. The first-order chi connectivity index (χ1) is 8.45. The van der Waals surface area contributed by atoms with Gasteiger partial charge in [-0.05, 0) is 44.0 Å². The highest BCUT2D eigenvalue weighted by Gasteiger charge is 2.13. The van der Waals surface area contributed by atoms with Gasteiger partial charge >= 0.3 is 0 Å². The molecule has 0 saturated carbocycles. The molecule has 96 valence electrons. The number of halogens is 1. The molecule has 1 unspecified atom stereocenters. The molecule has 0 fully saturated rings. The second kappa shape index (κ2) is 5.07. The Balaban J connectivity index is 2.20. The third-order valence-electron chi connectivity index (χ3n) is 2.52. The van der Waals surface area contributed by atoms with E-state index in [4.69, 9.17) is 17.3 Å². The van der Waals surface area contributed by atoms with E-state index < -0.39 is 0 Å². The summed E-state index contributed by atoms with van der Waals surface area (Å²) in [5, 5.41) is 3.27. The number of nitrogens with zero attached hydrogens (tertiary/aromatic N) is 3. The molecule has 7 heteroatoms. The van der Waals surface area contributed by atoms with E-state index in [2.05, 4.69) is 40.2 Å². The molecule has 0 aliphatic heterocycles. The lowest BCUT2D eigenvalue weighted by Gasteiger charge is -2.13. The van der Waals surface area contributed by atoms with E-state index in [-0.39, 0.29) is 17.3 Å². The molecule has 2 aromatic heterocycles. The van der Waals surface area contributed by atoms with Crippen molar-refractivity contribution in [1.29, 1.82) is 0 Å². The number of aryl methyl sites for hydroxylation is 2. The van der Waals surface area contributed by atoms with Crippen molar-refractivity contribution in [3.8, 4) is 0 Å². The Morgan fingerprint density at radius 3 is 2.61 bits per heavy atom. The number of hydrogen-bond acceptors (Lipinski definition) is 6. The second-order valence-electron chi connectivity index (χ2n) is 4.02. The predicted octanol–water partition coefficient (Wildman–Crippen LogP) is 2.96. The molecule has 3 N–H and O–H groups in total. The average molecular weight is 284 g/mol. The van der Waals surface area contributed by atoms with E-state index in [1.807, 2.05) is 6.92 Å². The lowest BCUT2D eigenvalue weighted by Crippen LogP contribution is -2.11. The predicted molar refractivity (Wildman–Crippen MR) is 75.1 cm³/mol. The molecule has 2 heterocycles. The molecular formula is C11H14ClN5S. The van der Waals surface area contributed by atoms with E-state index in [0.717, 1.165) is 0 Å². The molecule has 18 heavy (non-hydrogen) atoms. The number of rotatable bonds is 3. The molecule has 1 atom stereocenters. The maximum Gasteiger partial charge on any atom is 0.229 e. The van der Waals surface area contributed by atoms with E-state index in [9.17, 15) is 0 Å². The Hall–Kier alpha value is -1.40. The number of nitrogens with one attached hydrogen (secondary N) is 1. The molecule has 0 aliphatic carbocycles. The van der Waals surface area contributed by atoms with Crippen LogP contribution in [0.2, 0.25) is 5.28 Å². The molecule has 0 aliphatic rings. The third-order valence-corrected chi connectivity index (χ3v) is 3.67. The molecule has 0 aromatic carbocycles. The Labute approximate surface area is 114 Å². The van der Waals surface area contributed by atoms with Crippen LogP contribution in [0.3, 0.4) is 0 Å². The van der Waals surface area contributed by atoms with Gasteiger partial charge in [0.25, 0.3) is 0 Å². The van der Waals surface area contributed by atoms with Crippen molar-refractivity contribution in [2.45, 2.75) is 26.8 Å². The molecule has 5 nitrogen and oxygen atoms in total. The fraction of sp³-hybridized carbons (Fsp3) is 0.364. The van der Waals surface area contributed by atoms with Gasteiger partial charge in [-0.25, -0.2) is 0 Å². The molecule has 2 aromatic rings. The van der Waals surface area contributed by atoms with Gasteiger partial charge in [0.1, 0.15) is 0 Å². The Morgan fingerprint density at radius 2 is 2.06 bits per heavy atom. The molecule has 0 spiro atoms. The summed E-state index contributed by atoms with van der Waals surface area (Å²) in [6.07, 6.45) is 0. The van der Waals surface area contributed by atoms with Crippen LogP contribution in [0.15, 0.2) is 6.07 Å². The van der Waals surface area contributed by atoms with E-state index in [1.54, 1.807) is 11.3 Å². The van der Waals surface area contributed by atoms with Gasteiger partial charge in [-0.1, -0.05) is 0 Å². The number of aromatic nitrogens is 3. The van der Waals surface area contributed by atoms with Crippen molar-refractivity contribution in [1.82, 2.24) is 15.0 Å². The third kappa shape index (κ3) is 2.88. The Kier molecular flexibility index (Phi) is 3.68. The molecule has 2 rings (SSSR count). The number of thiophene rings is 1. The number of anilines is 2. The van der Waals surface area contributed by atoms with Gasteiger partial charge < -0.3 is 11.1 Å². The van der Waals surface area contributed by atoms with Gasteiger partial charge in [-0.3, -0.25) is 0 Å². The lowest BCUT2D eigenvalue weighted by atomic mass is 10.1. The minimum atomic E-state index is 0.0906. The highest BCUT2D eigenvalue weighted by Crippen LogP contribution is 2.27.